The SMILES string of the molecule is CCN(CC)c1ccc(C=C(C#N)C(=O)Nc2ccc(Br)cc2)cc1. The topological polar surface area (TPSA) is 56.1 Å². The van der Waals surface area contributed by atoms with Gasteiger partial charge in [0.2, 0.25) is 0 Å². The normalized spacial score (nSPS) is 10.9. The number of anilines is 2. The minimum Gasteiger partial charge on any atom is -0.372 e. The Morgan fingerprint density at radius 1 is 1.12 bits per heavy atom. The van der Waals surface area contributed by atoms with Crippen molar-refractivity contribution in [1.29, 1.82) is 5.26 Å². The fourth-order valence-electron chi connectivity index (χ4n) is 2.42. The number of hydrogen-bond donors (Lipinski definition) is 1. The number of benzene rings is 2. The van der Waals surface area contributed by atoms with Crippen LogP contribution in [0.15, 0.2) is 58.6 Å². The van der Waals surface area contributed by atoms with E-state index in [9.17, 15) is 10.1 Å². The summed E-state index contributed by atoms with van der Waals surface area (Å²) in [5.74, 6) is -0.419. The highest BCUT2D eigenvalue weighted by Crippen LogP contribution is 2.18. The highest BCUT2D eigenvalue weighted by molar-refractivity contribution is 9.10. The molecule has 2 rings (SSSR count). The third-order valence-electron chi connectivity index (χ3n) is 3.80. The van der Waals surface area contributed by atoms with Crippen LogP contribution in [-0.4, -0.2) is 19.0 Å². The van der Waals surface area contributed by atoms with Gasteiger partial charge in [-0.05, 0) is 61.9 Å². The highest BCUT2D eigenvalue weighted by atomic mass is 79.9. The molecule has 0 aliphatic rings. The number of nitrogens with zero attached hydrogens (tertiary/aromatic N) is 2. The summed E-state index contributed by atoms with van der Waals surface area (Å²) in [4.78, 5) is 14.5. The first-order valence-electron chi connectivity index (χ1n) is 8.11. The average Bonchev–Trinajstić information content (AvgIpc) is 2.63. The molecule has 128 valence electrons. The second-order valence-electron chi connectivity index (χ2n) is 5.39. The lowest BCUT2D eigenvalue weighted by Crippen LogP contribution is -2.21. The van der Waals surface area contributed by atoms with Gasteiger partial charge >= 0.3 is 0 Å². The fourth-order valence-corrected chi connectivity index (χ4v) is 2.68. The Labute approximate surface area is 156 Å². The molecule has 0 saturated carbocycles. The van der Waals surface area contributed by atoms with Crippen molar-refractivity contribution in [1.82, 2.24) is 0 Å². The van der Waals surface area contributed by atoms with Crippen molar-refractivity contribution in [3.63, 3.8) is 0 Å². The van der Waals surface area contributed by atoms with Crippen LogP contribution in [0.3, 0.4) is 0 Å². The molecule has 1 amide bonds. The van der Waals surface area contributed by atoms with Gasteiger partial charge in [-0.25, -0.2) is 0 Å². The number of carbonyl (C=O) groups is 1. The number of halogens is 1. The van der Waals surface area contributed by atoms with E-state index in [-0.39, 0.29) is 5.57 Å². The number of hydrogen-bond acceptors (Lipinski definition) is 3. The maximum atomic E-state index is 12.3. The van der Waals surface area contributed by atoms with Crippen LogP contribution in [0.25, 0.3) is 6.08 Å². The summed E-state index contributed by atoms with van der Waals surface area (Å²) in [6, 6.07) is 17.0. The van der Waals surface area contributed by atoms with Gasteiger partial charge in [0.05, 0.1) is 0 Å². The molecule has 0 radical (unpaired) electrons. The summed E-state index contributed by atoms with van der Waals surface area (Å²) in [6.07, 6.45) is 1.60. The summed E-state index contributed by atoms with van der Waals surface area (Å²) in [5, 5.41) is 12.0. The Balaban J connectivity index is 2.14. The quantitative estimate of drug-likeness (QED) is 0.560. The Morgan fingerprint density at radius 2 is 1.72 bits per heavy atom. The van der Waals surface area contributed by atoms with Crippen LogP contribution in [0.2, 0.25) is 0 Å². The molecule has 25 heavy (non-hydrogen) atoms. The molecular weight excluding hydrogens is 378 g/mol. The van der Waals surface area contributed by atoms with Gasteiger partial charge in [0.1, 0.15) is 11.6 Å². The molecule has 1 N–H and O–H groups in total. The number of rotatable bonds is 6. The number of carbonyl (C=O) groups excluding carboxylic acids is 1. The van der Waals surface area contributed by atoms with Crippen molar-refractivity contribution < 1.29 is 4.79 Å². The number of nitriles is 1. The Morgan fingerprint density at radius 3 is 2.24 bits per heavy atom. The van der Waals surface area contributed by atoms with Crippen molar-refractivity contribution in [2.75, 3.05) is 23.3 Å². The minimum atomic E-state index is -0.419. The molecule has 2 aromatic carbocycles. The van der Waals surface area contributed by atoms with E-state index < -0.39 is 5.91 Å². The van der Waals surface area contributed by atoms with E-state index in [1.165, 1.54) is 0 Å². The third kappa shape index (κ3) is 5.20. The number of amides is 1. The second kappa shape index (κ2) is 9.05. The Hall–Kier alpha value is -2.58. The van der Waals surface area contributed by atoms with Crippen molar-refractivity contribution in [2.45, 2.75) is 13.8 Å². The van der Waals surface area contributed by atoms with Crippen molar-refractivity contribution >= 4 is 39.3 Å². The zero-order valence-corrected chi connectivity index (χ0v) is 15.9. The Kier molecular flexibility index (Phi) is 6.79. The summed E-state index contributed by atoms with van der Waals surface area (Å²) >= 11 is 3.34. The van der Waals surface area contributed by atoms with Crippen molar-refractivity contribution in [2.24, 2.45) is 0 Å². The van der Waals surface area contributed by atoms with E-state index in [0.29, 0.717) is 5.69 Å². The molecular formula is C20H20BrN3O. The zero-order chi connectivity index (χ0) is 18.2. The average molecular weight is 398 g/mol. The lowest BCUT2D eigenvalue weighted by Gasteiger charge is -2.20. The first-order chi connectivity index (χ1) is 12.1. The van der Waals surface area contributed by atoms with E-state index in [2.05, 4.69) is 40.0 Å². The molecule has 0 fully saturated rings. The van der Waals surface area contributed by atoms with Crippen LogP contribution in [0, 0.1) is 11.3 Å². The van der Waals surface area contributed by atoms with Crippen molar-refractivity contribution in [3.05, 3.63) is 64.1 Å². The lowest BCUT2D eigenvalue weighted by molar-refractivity contribution is -0.112. The molecule has 5 heteroatoms. The van der Waals surface area contributed by atoms with Crippen LogP contribution in [-0.2, 0) is 4.79 Å². The molecule has 0 heterocycles. The summed E-state index contributed by atoms with van der Waals surface area (Å²) in [7, 11) is 0. The fraction of sp³-hybridized carbons (Fsp3) is 0.200. The summed E-state index contributed by atoms with van der Waals surface area (Å²) in [5.41, 5.74) is 2.66. The van der Waals surface area contributed by atoms with E-state index in [0.717, 1.165) is 28.8 Å². The predicted molar refractivity (Wildman–Crippen MR) is 106 cm³/mol. The maximum Gasteiger partial charge on any atom is 0.266 e. The van der Waals surface area contributed by atoms with Crippen LogP contribution in [0.5, 0.6) is 0 Å². The molecule has 0 unspecified atom stereocenters. The smallest absolute Gasteiger partial charge is 0.266 e. The second-order valence-corrected chi connectivity index (χ2v) is 6.31. The van der Waals surface area contributed by atoms with Gasteiger partial charge in [0.15, 0.2) is 0 Å². The van der Waals surface area contributed by atoms with Gasteiger partial charge in [0, 0.05) is 28.9 Å². The van der Waals surface area contributed by atoms with Crippen LogP contribution >= 0.6 is 15.9 Å². The van der Waals surface area contributed by atoms with Gasteiger partial charge in [-0.2, -0.15) is 5.26 Å². The third-order valence-corrected chi connectivity index (χ3v) is 4.33. The first kappa shape index (κ1) is 18.8. The molecule has 0 aromatic heterocycles. The van der Waals surface area contributed by atoms with Crippen LogP contribution in [0.1, 0.15) is 19.4 Å². The lowest BCUT2D eigenvalue weighted by atomic mass is 10.1. The predicted octanol–water partition coefficient (Wildman–Crippen LogP) is 4.84. The van der Waals surface area contributed by atoms with Gasteiger partial charge < -0.3 is 10.2 Å². The maximum absolute atomic E-state index is 12.3. The molecule has 0 aliphatic carbocycles. The van der Waals surface area contributed by atoms with E-state index in [1.807, 2.05) is 42.5 Å². The van der Waals surface area contributed by atoms with E-state index >= 15 is 0 Å². The molecule has 0 aliphatic heterocycles. The summed E-state index contributed by atoms with van der Waals surface area (Å²) < 4.78 is 0.926. The molecule has 0 atom stereocenters. The van der Waals surface area contributed by atoms with Gasteiger partial charge in [0.25, 0.3) is 5.91 Å². The van der Waals surface area contributed by atoms with Gasteiger partial charge in [-0.15, -0.1) is 0 Å². The van der Waals surface area contributed by atoms with Crippen LogP contribution < -0.4 is 10.2 Å². The van der Waals surface area contributed by atoms with E-state index in [4.69, 9.17) is 0 Å². The van der Waals surface area contributed by atoms with E-state index in [1.54, 1.807) is 18.2 Å². The Bertz CT molecular complexity index is 785. The molecule has 0 spiro atoms. The molecule has 4 nitrogen and oxygen atoms in total. The van der Waals surface area contributed by atoms with Crippen molar-refractivity contribution in [3.8, 4) is 6.07 Å². The highest BCUT2D eigenvalue weighted by Gasteiger charge is 2.10. The minimum absolute atomic E-state index is 0.0681. The number of nitrogens with one attached hydrogen (secondary N) is 1. The molecule has 0 saturated heterocycles. The van der Waals surface area contributed by atoms with Gasteiger partial charge in [-0.3, -0.25) is 4.79 Å². The standard InChI is InChI=1S/C20H20BrN3O/c1-3-24(4-2)19-11-5-15(6-12-19)13-16(14-22)20(25)23-18-9-7-17(21)8-10-18/h5-13H,3-4H2,1-2H3,(H,23,25). The van der Waals surface area contributed by atoms with Gasteiger partial charge in [-0.1, -0.05) is 28.1 Å². The summed E-state index contributed by atoms with van der Waals surface area (Å²) in [6.45, 7) is 6.09. The van der Waals surface area contributed by atoms with Crippen LogP contribution in [0.4, 0.5) is 11.4 Å². The zero-order valence-electron chi connectivity index (χ0n) is 14.3. The molecule has 0 bridgehead atoms. The monoisotopic (exact) mass is 397 g/mol. The first-order valence-corrected chi connectivity index (χ1v) is 8.90. The largest absolute Gasteiger partial charge is 0.372 e. The molecule has 2 aromatic rings.